The van der Waals surface area contributed by atoms with Crippen molar-refractivity contribution in [2.45, 2.75) is 20.0 Å². The van der Waals surface area contributed by atoms with Gasteiger partial charge in [0.1, 0.15) is 5.82 Å². The molecule has 32 heavy (non-hydrogen) atoms. The third-order valence-corrected chi connectivity index (χ3v) is 4.55. The Labute approximate surface area is 180 Å². The zero-order chi connectivity index (χ0) is 22.9. The number of hydrogen-bond donors (Lipinski definition) is 1. The lowest BCUT2D eigenvalue weighted by molar-refractivity contribution is -0.137. The highest BCUT2D eigenvalue weighted by molar-refractivity contribution is 6.06. The van der Waals surface area contributed by atoms with Gasteiger partial charge in [0.2, 0.25) is 0 Å². The van der Waals surface area contributed by atoms with E-state index in [-0.39, 0.29) is 22.8 Å². The van der Waals surface area contributed by atoms with Crippen LogP contribution in [0.15, 0.2) is 59.3 Å². The number of alkyl halides is 3. The molecule has 0 fully saturated rings. The fraction of sp³-hybridized carbons (Fsp3) is 0.136. The van der Waals surface area contributed by atoms with Crippen molar-refractivity contribution in [2.24, 2.45) is 0 Å². The zero-order valence-corrected chi connectivity index (χ0v) is 16.9. The van der Waals surface area contributed by atoms with Gasteiger partial charge in [-0.25, -0.2) is 9.97 Å². The fourth-order valence-electron chi connectivity index (χ4n) is 3.09. The molecule has 1 amide bonds. The Morgan fingerprint density at radius 3 is 2.41 bits per heavy atom. The topological polar surface area (TPSA) is 93.8 Å². The minimum atomic E-state index is -4.67. The highest BCUT2D eigenvalue weighted by Crippen LogP contribution is 2.37. The van der Waals surface area contributed by atoms with Crippen LogP contribution in [0.1, 0.15) is 27.6 Å². The van der Waals surface area contributed by atoms with Crippen LogP contribution in [0.2, 0.25) is 0 Å². The molecular weight excluding hydrogens is 423 g/mol. The average molecular weight is 439 g/mol. The zero-order valence-electron chi connectivity index (χ0n) is 16.9. The van der Waals surface area contributed by atoms with Gasteiger partial charge in [0.25, 0.3) is 11.8 Å². The van der Waals surface area contributed by atoms with Crippen molar-refractivity contribution in [3.63, 3.8) is 0 Å². The molecule has 4 aromatic rings. The van der Waals surface area contributed by atoms with Crippen molar-refractivity contribution in [1.82, 2.24) is 20.1 Å². The lowest BCUT2D eigenvalue weighted by Gasteiger charge is -2.13. The number of carbonyl (C=O) groups is 1. The van der Waals surface area contributed by atoms with Crippen molar-refractivity contribution in [3.8, 4) is 22.7 Å². The summed E-state index contributed by atoms with van der Waals surface area (Å²) in [7, 11) is 0. The number of hydrogen-bond acceptors (Lipinski definition) is 6. The molecule has 4 rings (SSSR count). The number of anilines is 1. The predicted molar refractivity (Wildman–Crippen MR) is 110 cm³/mol. The first-order chi connectivity index (χ1) is 15.2. The maximum absolute atomic E-state index is 13.5. The Morgan fingerprint density at radius 1 is 1.00 bits per heavy atom. The molecule has 0 unspecified atom stereocenters. The fourth-order valence-corrected chi connectivity index (χ4v) is 3.09. The van der Waals surface area contributed by atoms with E-state index in [1.54, 1.807) is 6.92 Å². The number of amides is 1. The molecule has 162 valence electrons. The molecule has 2 aromatic carbocycles. The molecule has 0 aliphatic carbocycles. The standard InChI is InChI=1S/C22H16F3N5O2/c1-12-26-11-18(19(27-12)14-6-4-3-5-7-14)29-20(31)15-8-9-17(22(23,24)25)16(10-15)21-28-13(2)30-32-21/h3-11H,1-2H3,(H,29,31). The van der Waals surface area contributed by atoms with Gasteiger partial charge >= 0.3 is 6.18 Å². The van der Waals surface area contributed by atoms with Crippen LogP contribution < -0.4 is 5.32 Å². The summed E-state index contributed by atoms with van der Waals surface area (Å²) in [4.78, 5) is 25.3. The molecular formula is C22H16F3N5O2. The summed E-state index contributed by atoms with van der Waals surface area (Å²) in [6.45, 7) is 3.20. The average Bonchev–Trinajstić information content (AvgIpc) is 3.20. The van der Waals surface area contributed by atoms with E-state index in [2.05, 4.69) is 25.4 Å². The van der Waals surface area contributed by atoms with Gasteiger partial charge in [0.05, 0.1) is 28.7 Å². The van der Waals surface area contributed by atoms with Crippen LogP contribution in [0, 0.1) is 13.8 Å². The smallest absolute Gasteiger partial charge is 0.334 e. The van der Waals surface area contributed by atoms with Crippen LogP contribution in [0.4, 0.5) is 18.9 Å². The molecule has 0 saturated heterocycles. The van der Waals surface area contributed by atoms with Crippen LogP contribution >= 0.6 is 0 Å². The second-order valence-electron chi connectivity index (χ2n) is 6.90. The first kappa shape index (κ1) is 21.2. The quantitative estimate of drug-likeness (QED) is 0.477. The molecule has 0 aliphatic heterocycles. The molecule has 0 aliphatic rings. The number of halogens is 3. The summed E-state index contributed by atoms with van der Waals surface area (Å²) in [6, 6.07) is 12.1. The predicted octanol–water partition coefficient (Wildman–Crippen LogP) is 5.08. The number of nitrogens with zero attached hydrogens (tertiary/aromatic N) is 4. The summed E-state index contributed by atoms with van der Waals surface area (Å²) in [5, 5.41) is 6.22. The monoisotopic (exact) mass is 439 g/mol. The van der Waals surface area contributed by atoms with E-state index in [4.69, 9.17) is 4.52 Å². The first-order valence-electron chi connectivity index (χ1n) is 9.45. The van der Waals surface area contributed by atoms with E-state index in [1.165, 1.54) is 13.1 Å². The number of nitrogens with one attached hydrogen (secondary N) is 1. The van der Waals surface area contributed by atoms with Gasteiger partial charge in [-0.3, -0.25) is 4.79 Å². The Balaban J connectivity index is 1.72. The maximum Gasteiger partial charge on any atom is 0.417 e. The van der Waals surface area contributed by atoms with Gasteiger partial charge < -0.3 is 9.84 Å². The molecule has 7 nitrogen and oxygen atoms in total. The van der Waals surface area contributed by atoms with Crippen molar-refractivity contribution in [1.29, 1.82) is 0 Å². The molecule has 0 bridgehead atoms. The van der Waals surface area contributed by atoms with Crippen molar-refractivity contribution < 1.29 is 22.5 Å². The SMILES string of the molecule is Cc1noc(-c2cc(C(=O)Nc3cnc(C)nc3-c3ccccc3)ccc2C(F)(F)F)n1. The third kappa shape index (κ3) is 4.34. The highest BCUT2D eigenvalue weighted by atomic mass is 19.4. The second-order valence-corrected chi connectivity index (χ2v) is 6.90. The Bertz CT molecular complexity index is 1290. The Hall–Kier alpha value is -4.08. The lowest BCUT2D eigenvalue weighted by Crippen LogP contribution is -2.15. The van der Waals surface area contributed by atoms with Gasteiger partial charge in [-0.15, -0.1) is 0 Å². The summed E-state index contributed by atoms with van der Waals surface area (Å²) < 4.78 is 45.4. The molecule has 2 heterocycles. The summed E-state index contributed by atoms with van der Waals surface area (Å²) in [5.74, 6) is -0.285. The van der Waals surface area contributed by atoms with Gasteiger partial charge in [-0.1, -0.05) is 35.5 Å². The molecule has 0 radical (unpaired) electrons. The molecule has 0 spiro atoms. The molecule has 10 heteroatoms. The van der Waals surface area contributed by atoms with E-state index in [0.717, 1.165) is 23.8 Å². The largest absolute Gasteiger partial charge is 0.417 e. The van der Waals surface area contributed by atoms with Crippen LogP contribution in [-0.2, 0) is 6.18 Å². The molecule has 1 N–H and O–H groups in total. The highest BCUT2D eigenvalue weighted by Gasteiger charge is 2.35. The van der Waals surface area contributed by atoms with Crippen molar-refractivity contribution in [2.75, 3.05) is 5.32 Å². The van der Waals surface area contributed by atoms with Crippen molar-refractivity contribution in [3.05, 3.63) is 77.5 Å². The van der Waals surface area contributed by atoms with Crippen LogP contribution in [0.25, 0.3) is 22.7 Å². The number of aryl methyl sites for hydroxylation is 2. The molecule has 2 aromatic heterocycles. The lowest BCUT2D eigenvalue weighted by atomic mass is 10.0. The number of benzene rings is 2. The van der Waals surface area contributed by atoms with Gasteiger partial charge in [-0.05, 0) is 32.0 Å². The van der Waals surface area contributed by atoms with Crippen LogP contribution in [0.3, 0.4) is 0 Å². The molecule has 0 saturated carbocycles. The number of rotatable bonds is 4. The van der Waals surface area contributed by atoms with E-state index >= 15 is 0 Å². The second kappa shape index (κ2) is 8.22. The minimum Gasteiger partial charge on any atom is -0.334 e. The summed E-state index contributed by atoms with van der Waals surface area (Å²) >= 11 is 0. The third-order valence-electron chi connectivity index (χ3n) is 4.55. The maximum atomic E-state index is 13.5. The van der Waals surface area contributed by atoms with Gasteiger partial charge in [0.15, 0.2) is 5.82 Å². The van der Waals surface area contributed by atoms with Crippen LogP contribution in [-0.4, -0.2) is 26.0 Å². The van der Waals surface area contributed by atoms with Gasteiger partial charge in [-0.2, -0.15) is 18.2 Å². The van der Waals surface area contributed by atoms with E-state index in [0.29, 0.717) is 17.2 Å². The normalized spacial score (nSPS) is 11.4. The summed E-state index contributed by atoms with van der Waals surface area (Å²) in [5.41, 5.74) is 0.176. The van der Waals surface area contributed by atoms with E-state index in [9.17, 15) is 18.0 Å². The number of carbonyl (C=O) groups excluding carboxylic acids is 1. The Kier molecular flexibility index (Phi) is 5.43. The molecule has 0 atom stereocenters. The Morgan fingerprint density at radius 2 is 1.75 bits per heavy atom. The minimum absolute atomic E-state index is 0.0246. The van der Waals surface area contributed by atoms with Crippen LogP contribution in [0.5, 0.6) is 0 Å². The van der Waals surface area contributed by atoms with Gasteiger partial charge in [0, 0.05) is 11.1 Å². The van der Waals surface area contributed by atoms with E-state index in [1.807, 2.05) is 30.3 Å². The first-order valence-corrected chi connectivity index (χ1v) is 9.45. The van der Waals surface area contributed by atoms with E-state index < -0.39 is 17.6 Å². The van der Waals surface area contributed by atoms with Crippen molar-refractivity contribution >= 4 is 11.6 Å². The number of aromatic nitrogens is 4. The summed E-state index contributed by atoms with van der Waals surface area (Å²) in [6.07, 6.45) is -3.22.